The zero-order chi connectivity index (χ0) is 20.6. The maximum absolute atomic E-state index is 12.1. The smallest absolute Gasteiger partial charge is 0.313 e. The second-order valence-electron chi connectivity index (χ2n) is 6.41. The number of carbonyl (C=O) groups is 2. The first-order valence-corrected chi connectivity index (χ1v) is 10.3. The van der Waals surface area contributed by atoms with E-state index in [2.05, 4.69) is 0 Å². The number of benzene rings is 3. The van der Waals surface area contributed by atoms with E-state index in [1.807, 2.05) is 72.8 Å². The van der Waals surface area contributed by atoms with Crippen LogP contribution < -0.4 is 0 Å². The minimum atomic E-state index is -0.501. The number of phenols is 1. The van der Waals surface area contributed by atoms with Crippen molar-refractivity contribution in [1.29, 1.82) is 0 Å². The summed E-state index contributed by atoms with van der Waals surface area (Å²) >= 11 is 1.35. The first kappa shape index (κ1) is 20.7. The summed E-state index contributed by atoms with van der Waals surface area (Å²) < 4.78 is 4.83. The Morgan fingerprint density at radius 1 is 0.897 bits per heavy atom. The number of thioether (sulfide) groups is 1. The van der Waals surface area contributed by atoms with E-state index in [9.17, 15) is 14.7 Å². The number of Topliss-reactive ketones (excluding diaryl/α,β-unsaturated/α-hetero) is 1. The maximum Gasteiger partial charge on any atom is 0.313 e. The number of phenolic OH excluding ortho intramolecular Hbond substituents is 1. The molecule has 0 saturated heterocycles. The van der Waals surface area contributed by atoms with Gasteiger partial charge in [0.15, 0.2) is 5.78 Å². The monoisotopic (exact) mass is 406 g/mol. The Hall–Kier alpha value is -3.05. The van der Waals surface area contributed by atoms with E-state index in [0.29, 0.717) is 11.1 Å². The zero-order valence-corrected chi connectivity index (χ0v) is 16.9. The van der Waals surface area contributed by atoms with Gasteiger partial charge in [-0.15, -0.1) is 11.8 Å². The fourth-order valence-electron chi connectivity index (χ4n) is 2.95. The van der Waals surface area contributed by atoms with Gasteiger partial charge in [-0.25, -0.2) is 0 Å². The Morgan fingerprint density at radius 2 is 1.41 bits per heavy atom. The minimum absolute atomic E-state index is 0.159. The molecule has 0 spiro atoms. The van der Waals surface area contributed by atoms with Crippen molar-refractivity contribution in [2.45, 2.75) is 18.2 Å². The lowest BCUT2D eigenvalue weighted by atomic mass is 9.97. The third-order valence-electron chi connectivity index (χ3n) is 4.30. The normalized spacial score (nSPS) is 10.5. The van der Waals surface area contributed by atoms with Gasteiger partial charge in [0.1, 0.15) is 12.2 Å². The summed E-state index contributed by atoms with van der Waals surface area (Å²) in [7, 11) is 0. The first-order chi connectivity index (χ1) is 14.1. The molecule has 0 aliphatic carbocycles. The number of aromatic hydroxyl groups is 1. The quantitative estimate of drug-likeness (QED) is 0.311. The molecule has 5 heteroatoms. The number of ketones is 1. The van der Waals surface area contributed by atoms with Crippen LogP contribution in [0.5, 0.6) is 5.75 Å². The van der Waals surface area contributed by atoms with Gasteiger partial charge < -0.3 is 9.84 Å². The summed E-state index contributed by atoms with van der Waals surface area (Å²) in [5.41, 5.74) is 3.18. The van der Waals surface area contributed by atoms with Gasteiger partial charge in [-0.3, -0.25) is 9.59 Å². The van der Waals surface area contributed by atoms with Crippen LogP contribution in [0.1, 0.15) is 13.3 Å². The van der Waals surface area contributed by atoms with E-state index in [4.69, 9.17) is 4.74 Å². The summed E-state index contributed by atoms with van der Waals surface area (Å²) in [4.78, 5) is 24.5. The van der Waals surface area contributed by atoms with Crippen molar-refractivity contribution in [1.82, 2.24) is 0 Å². The molecule has 3 aromatic carbocycles. The molecular formula is C24H22O4S. The fraction of sp³-hybridized carbons (Fsp3) is 0.167. The molecule has 0 radical (unpaired) electrons. The highest BCUT2D eigenvalue weighted by Crippen LogP contribution is 2.41. The zero-order valence-electron chi connectivity index (χ0n) is 16.1. The molecule has 0 fully saturated rings. The van der Waals surface area contributed by atoms with Crippen molar-refractivity contribution in [3.05, 3.63) is 72.8 Å². The van der Waals surface area contributed by atoms with Crippen LogP contribution in [0.25, 0.3) is 22.3 Å². The van der Waals surface area contributed by atoms with Crippen LogP contribution >= 0.6 is 11.8 Å². The van der Waals surface area contributed by atoms with Crippen LogP contribution in [0, 0.1) is 0 Å². The van der Waals surface area contributed by atoms with E-state index >= 15 is 0 Å². The van der Waals surface area contributed by atoms with Gasteiger partial charge in [-0.1, -0.05) is 60.7 Å². The lowest BCUT2D eigenvalue weighted by Gasteiger charge is -2.13. The predicted octanol–water partition coefficient (Wildman–Crippen LogP) is 5.34. The van der Waals surface area contributed by atoms with Crippen LogP contribution in [0.2, 0.25) is 0 Å². The maximum atomic E-state index is 12.1. The molecule has 0 aliphatic heterocycles. The molecule has 0 amide bonds. The molecule has 0 heterocycles. The van der Waals surface area contributed by atoms with Crippen LogP contribution in [0.15, 0.2) is 77.7 Å². The number of esters is 1. The van der Waals surface area contributed by atoms with E-state index in [-0.39, 0.29) is 30.3 Å². The third-order valence-corrected chi connectivity index (χ3v) is 5.34. The molecule has 0 aliphatic rings. The van der Waals surface area contributed by atoms with Crippen molar-refractivity contribution in [2.24, 2.45) is 0 Å². The number of rotatable bonds is 8. The van der Waals surface area contributed by atoms with Gasteiger partial charge in [0.2, 0.25) is 0 Å². The molecule has 0 bridgehead atoms. The van der Waals surface area contributed by atoms with Crippen molar-refractivity contribution in [2.75, 3.05) is 12.4 Å². The Labute approximate surface area is 174 Å². The highest BCUT2D eigenvalue weighted by molar-refractivity contribution is 8.00. The van der Waals surface area contributed by atoms with Gasteiger partial charge in [0, 0.05) is 16.0 Å². The number of hydrogen-bond acceptors (Lipinski definition) is 5. The van der Waals surface area contributed by atoms with Crippen molar-refractivity contribution < 1.29 is 19.4 Å². The standard InChI is InChI=1S/C24H22O4S/c1-2-28-23(26)13-19(25)16-29-20-14-21(17-9-5-3-6-10-17)24(27)22(15-20)18-11-7-4-8-12-18/h3-12,14-15,27H,2,13,16H2,1H3. The summed E-state index contributed by atoms with van der Waals surface area (Å²) in [5, 5.41) is 10.9. The van der Waals surface area contributed by atoms with Gasteiger partial charge in [0.25, 0.3) is 0 Å². The van der Waals surface area contributed by atoms with E-state index < -0.39 is 5.97 Å². The molecule has 3 aromatic rings. The summed E-state index contributed by atoms with van der Waals surface area (Å²) in [6.45, 7) is 1.97. The van der Waals surface area contributed by atoms with E-state index in [1.54, 1.807) is 6.92 Å². The average Bonchev–Trinajstić information content (AvgIpc) is 2.74. The summed E-state index contributed by atoms with van der Waals surface area (Å²) in [6, 6.07) is 23.0. The molecule has 4 nitrogen and oxygen atoms in total. The molecule has 148 valence electrons. The van der Waals surface area contributed by atoms with Gasteiger partial charge in [-0.2, -0.15) is 0 Å². The van der Waals surface area contributed by atoms with Crippen LogP contribution in [-0.4, -0.2) is 29.2 Å². The second kappa shape index (κ2) is 9.94. The highest BCUT2D eigenvalue weighted by atomic mass is 32.2. The van der Waals surface area contributed by atoms with Gasteiger partial charge in [-0.05, 0) is 30.2 Å². The number of carbonyl (C=O) groups excluding carboxylic acids is 2. The van der Waals surface area contributed by atoms with Crippen LogP contribution in [0.4, 0.5) is 0 Å². The highest BCUT2D eigenvalue weighted by Gasteiger charge is 2.16. The van der Waals surface area contributed by atoms with E-state index in [1.165, 1.54) is 11.8 Å². The fourth-order valence-corrected chi connectivity index (χ4v) is 3.79. The average molecular weight is 407 g/mol. The molecule has 0 unspecified atom stereocenters. The number of ether oxygens (including phenoxy) is 1. The SMILES string of the molecule is CCOC(=O)CC(=O)CSc1cc(-c2ccccc2)c(O)c(-c2ccccc2)c1. The Kier molecular flexibility index (Phi) is 7.09. The Bertz CT molecular complexity index is 924. The molecule has 3 rings (SSSR count). The number of hydrogen-bond donors (Lipinski definition) is 1. The topological polar surface area (TPSA) is 63.6 Å². The molecule has 0 aromatic heterocycles. The predicted molar refractivity (Wildman–Crippen MR) is 116 cm³/mol. The van der Waals surface area contributed by atoms with Gasteiger partial charge >= 0.3 is 5.97 Å². The lowest BCUT2D eigenvalue weighted by Crippen LogP contribution is -2.12. The molecule has 0 saturated carbocycles. The third kappa shape index (κ3) is 5.48. The van der Waals surface area contributed by atoms with Crippen molar-refractivity contribution >= 4 is 23.5 Å². The Morgan fingerprint density at radius 3 is 1.90 bits per heavy atom. The van der Waals surface area contributed by atoms with Crippen molar-refractivity contribution in [3.63, 3.8) is 0 Å². The largest absolute Gasteiger partial charge is 0.507 e. The van der Waals surface area contributed by atoms with Gasteiger partial charge in [0.05, 0.1) is 12.4 Å². The lowest BCUT2D eigenvalue weighted by molar-refractivity contribution is -0.145. The van der Waals surface area contributed by atoms with Crippen LogP contribution in [0.3, 0.4) is 0 Å². The second-order valence-corrected chi connectivity index (χ2v) is 7.46. The Balaban J connectivity index is 1.91. The minimum Gasteiger partial charge on any atom is -0.507 e. The molecule has 0 atom stereocenters. The molecular weight excluding hydrogens is 384 g/mol. The molecule has 29 heavy (non-hydrogen) atoms. The van der Waals surface area contributed by atoms with Crippen LogP contribution in [-0.2, 0) is 14.3 Å². The summed E-state index contributed by atoms with van der Waals surface area (Å²) in [6.07, 6.45) is -0.226. The molecule has 1 N–H and O–H groups in total. The summed E-state index contributed by atoms with van der Waals surface area (Å²) in [5.74, 6) is -0.334. The van der Waals surface area contributed by atoms with E-state index in [0.717, 1.165) is 16.0 Å². The van der Waals surface area contributed by atoms with Crippen molar-refractivity contribution in [3.8, 4) is 28.0 Å². The first-order valence-electron chi connectivity index (χ1n) is 9.36.